The Bertz CT molecular complexity index is 370. The summed E-state index contributed by atoms with van der Waals surface area (Å²) in [6.45, 7) is 4.17. The van der Waals surface area contributed by atoms with Crippen LogP contribution in [-0.2, 0) is 9.53 Å². The summed E-state index contributed by atoms with van der Waals surface area (Å²) < 4.78 is 4.89. The summed E-state index contributed by atoms with van der Waals surface area (Å²) in [5, 5.41) is 17.8. The number of carbonyl (C=O) groups is 1. The van der Waals surface area contributed by atoms with Crippen molar-refractivity contribution in [1.29, 1.82) is 0 Å². The third-order valence-electron chi connectivity index (χ3n) is 6.06. The number of hydrogen-bond acceptors (Lipinski definition) is 4. The molecule has 4 nitrogen and oxygen atoms in total. The van der Waals surface area contributed by atoms with Crippen LogP contribution in [0, 0.1) is 5.92 Å². The average Bonchev–Trinajstić information content (AvgIpc) is 2.75. The highest BCUT2D eigenvalue weighted by molar-refractivity contribution is 5.69. The molecule has 0 amide bonds. The van der Waals surface area contributed by atoms with Crippen molar-refractivity contribution in [1.82, 2.24) is 0 Å². The van der Waals surface area contributed by atoms with Crippen LogP contribution in [0.1, 0.15) is 142 Å². The van der Waals surface area contributed by atoms with E-state index in [9.17, 15) is 4.79 Å². The first-order valence-electron chi connectivity index (χ1n) is 13.5. The molecule has 31 heavy (non-hydrogen) atoms. The van der Waals surface area contributed by atoms with E-state index in [1.54, 1.807) is 0 Å². The lowest BCUT2D eigenvalue weighted by molar-refractivity contribution is -0.147. The second kappa shape index (κ2) is 24.0. The van der Waals surface area contributed by atoms with E-state index < -0.39 is 6.10 Å². The van der Waals surface area contributed by atoms with Gasteiger partial charge in [-0.05, 0) is 12.3 Å². The molecule has 2 N–H and O–H groups in total. The van der Waals surface area contributed by atoms with Crippen molar-refractivity contribution in [3.05, 3.63) is 0 Å². The molecule has 0 aliphatic carbocycles. The molecule has 0 aromatic heterocycles. The first-order chi connectivity index (χ1) is 15.1. The summed E-state index contributed by atoms with van der Waals surface area (Å²) in [7, 11) is 0. The first kappa shape index (κ1) is 30.4. The van der Waals surface area contributed by atoms with Crippen LogP contribution in [-0.4, -0.2) is 35.5 Å². The Morgan fingerprint density at radius 2 is 1.00 bits per heavy atom. The van der Waals surface area contributed by atoms with Gasteiger partial charge in [-0.25, -0.2) is 0 Å². The van der Waals surface area contributed by atoms with Crippen LogP contribution < -0.4 is 0 Å². The summed E-state index contributed by atoms with van der Waals surface area (Å²) >= 11 is 0. The van der Waals surface area contributed by atoms with E-state index in [1.165, 1.54) is 109 Å². The predicted octanol–water partition coefficient (Wildman–Crippen LogP) is 7.34. The van der Waals surface area contributed by atoms with Crippen molar-refractivity contribution in [2.45, 2.75) is 148 Å². The minimum atomic E-state index is -0.955. The SMILES string of the molecule is CC(C)CCCCCCCCCCCCCCCCCCCCC(=O)OC[C@H](O)CO. The molecule has 0 spiro atoms. The maximum Gasteiger partial charge on any atom is 0.305 e. The van der Waals surface area contributed by atoms with Crippen molar-refractivity contribution in [3.63, 3.8) is 0 Å². The highest BCUT2D eigenvalue weighted by Crippen LogP contribution is 2.15. The molecule has 0 fully saturated rings. The standard InChI is InChI=1S/C27H54O4/c1-25(2)21-19-17-15-13-11-9-7-5-3-4-6-8-10-12-14-16-18-20-22-27(30)31-24-26(29)23-28/h25-26,28-29H,3-24H2,1-2H3/t26-/m1/s1. The molecule has 0 rings (SSSR count). The smallest absolute Gasteiger partial charge is 0.305 e. The van der Waals surface area contributed by atoms with Crippen molar-refractivity contribution in [3.8, 4) is 0 Å². The van der Waals surface area contributed by atoms with Gasteiger partial charge in [-0.15, -0.1) is 0 Å². The van der Waals surface area contributed by atoms with Crippen LogP contribution in [0.15, 0.2) is 0 Å². The number of rotatable bonds is 24. The number of aliphatic hydroxyl groups is 2. The topological polar surface area (TPSA) is 66.8 Å². The molecule has 0 aromatic rings. The molecule has 186 valence electrons. The number of carbonyl (C=O) groups excluding carboxylic acids is 1. The minimum Gasteiger partial charge on any atom is -0.463 e. The largest absolute Gasteiger partial charge is 0.463 e. The van der Waals surface area contributed by atoms with Gasteiger partial charge in [0.2, 0.25) is 0 Å². The van der Waals surface area contributed by atoms with Crippen molar-refractivity contribution >= 4 is 5.97 Å². The van der Waals surface area contributed by atoms with Gasteiger partial charge in [0.15, 0.2) is 0 Å². The molecule has 4 heteroatoms. The van der Waals surface area contributed by atoms with Gasteiger partial charge in [-0.1, -0.05) is 129 Å². The third kappa shape index (κ3) is 25.5. The summed E-state index contributed by atoms with van der Waals surface area (Å²) in [6.07, 6.45) is 24.9. The number of esters is 1. The van der Waals surface area contributed by atoms with E-state index >= 15 is 0 Å². The summed E-state index contributed by atoms with van der Waals surface area (Å²) in [5.74, 6) is 0.597. The Morgan fingerprint density at radius 1 is 0.645 bits per heavy atom. The van der Waals surface area contributed by atoms with Gasteiger partial charge in [-0.2, -0.15) is 0 Å². The van der Waals surface area contributed by atoms with E-state index in [0.29, 0.717) is 6.42 Å². The van der Waals surface area contributed by atoms with Crippen LogP contribution >= 0.6 is 0 Å². The quantitative estimate of drug-likeness (QED) is 0.121. The molecule has 0 saturated carbocycles. The van der Waals surface area contributed by atoms with Gasteiger partial charge in [0, 0.05) is 6.42 Å². The number of unbranched alkanes of at least 4 members (excludes halogenated alkanes) is 17. The lowest BCUT2D eigenvalue weighted by atomic mass is 10.0. The van der Waals surface area contributed by atoms with E-state index in [4.69, 9.17) is 14.9 Å². The number of aliphatic hydroxyl groups excluding tert-OH is 2. The Balaban J connectivity index is 3.12. The first-order valence-corrected chi connectivity index (χ1v) is 13.5. The van der Waals surface area contributed by atoms with Gasteiger partial charge in [0.25, 0.3) is 0 Å². The monoisotopic (exact) mass is 442 g/mol. The Labute approximate surface area is 193 Å². The molecule has 0 bridgehead atoms. The zero-order chi connectivity index (χ0) is 23.0. The zero-order valence-corrected chi connectivity index (χ0v) is 20.9. The highest BCUT2D eigenvalue weighted by atomic mass is 16.5. The lowest BCUT2D eigenvalue weighted by Gasteiger charge is -2.08. The molecule has 0 aromatic carbocycles. The summed E-state index contributed by atoms with van der Waals surface area (Å²) in [6, 6.07) is 0. The van der Waals surface area contributed by atoms with Crippen LogP contribution in [0.5, 0.6) is 0 Å². The van der Waals surface area contributed by atoms with Gasteiger partial charge in [0.1, 0.15) is 12.7 Å². The second-order valence-corrected chi connectivity index (χ2v) is 9.82. The van der Waals surface area contributed by atoms with Crippen LogP contribution in [0.3, 0.4) is 0 Å². The van der Waals surface area contributed by atoms with E-state index in [0.717, 1.165) is 18.8 Å². The van der Waals surface area contributed by atoms with Gasteiger partial charge < -0.3 is 14.9 Å². The Morgan fingerprint density at radius 3 is 1.35 bits per heavy atom. The molecule has 0 aliphatic rings. The Hall–Kier alpha value is -0.610. The highest BCUT2D eigenvalue weighted by Gasteiger charge is 2.07. The van der Waals surface area contributed by atoms with E-state index in [-0.39, 0.29) is 19.2 Å². The molecular formula is C27H54O4. The van der Waals surface area contributed by atoms with E-state index in [1.807, 2.05) is 0 Å². The lowest BCUT2D eigenvalue weighted by Crippen LogP contribution is -2.21. The normalized spacial score (nSPS) is 12.4. The number of hydrogen-bond donors (Lipinski definition) is 2. The summed E-state index contributed by atoms with van der Waals surface area (Å²) in [4.78, 5) is 11.4. The molecular weight excluding hydrogens is 388 g/mol. The van der Waals surface area contributed by atoms with E-state index in [2.05, 4.69) is 13.8 Å². The molecule has 1 atom stereocenters. The minimum absolute atomic E-state index is 0.103. The maximum absolute atomic E-state index is 11.4. The second-order valence-electron chi connectivity index (χ2n) is 9.82. The molecule has 0 unspecified atom stereocenters. The third-order valence-corrected chi connectivity index (χ3v) is 6.06. The van der Waals surface area contributed by atoms with Crippen molar-refractivity contribution < 1.29 is 19.7 Å². The van der Waals surface area contributed by atoms with Crippen LogP contribution in [0.4, 0.5) is 0 Å². The van der Waals surface area contributed by atoms with Crippen molar-refractivity contribution in [2.24, 2.45) is 5.92 Å². The van der Waals surface area contributed by atoms with Crippen LogP contribution in [0.25, 0.3) is 0 Å². The van der Waals surface area contributed by atoms with Crippen LogP contribution in [0.2, 0.25) is 0 Å². The average molecular weight is 443 g/mol. The molecule has 0 heterocycles. The zero-order valence-electron chi connectivity index (χ0n) is 20.9. The molecule has 0 saturated heterocycles. The Kier molecular flexibility index (Phi) is 23.6. The molecule has 0 radical (unpaired) electrons. The summed E-state index contributed by atoms with van der Waals surface area (Å²) in [5.41, 5.74) is 0. The fraction of sp³-hybridized carbons (Fsp3) is 0.963. The van der Waals surface area contributed by atoms with Gasteiger partial charge in [0.05, 0.1) is 6.61 Å². The van der Waals surface area contributed by atoms with Crippen molar-refractivity contribution in [2.75, 3.05) is 13.2 Å². The van der Waals surface area contributed by atoms with Gasteiger partial charge >= 0.3 is 5.97 Å². The van der Waals surface area contributed by atoms with Gasteiger partial charge in [-0.3, -0.25) is 4.79 Å². The fourth-order valence-corrected chi connectivity index (χ4v) is 3.96. The maximum atomic E-state index is 11.4. The fourth-order valence-electron chi connectivity index (χ4n) is 3.96. The number of ether oxygens (including phenoxy) is 1. The predicted molar refractivity (Wildman–Crippen MR) is 131 cm³/mol. The molecule has 0 aliphatic heterocycles.